The number of anilines is 1. The molecule has 0 saturated heterocycles. The number of rotatable bonds is 3. The summed E-state index contributed by atoms with van der Waals surface area (Å²) in [5, 5.41) is 23.3. The van der Waals surface area contributed by atoms with E-state index in [0.29, 0.717) is 29.0 Å². The molecule has 1 aliphatic carbocycles. The first-order valence-electron chi connectivity index (χ1n) is 10.1. The molecule has 164 valence electrons. The molecule has 2 aliphatic rings. The van der Waals surface area contributed by atoms with Crippen molar-refractivity contribution >= 4 is 34.6 Å². The van der Waals surface area contributed by atoms with Gasteiger partial charge in [0.05, 0.1) is 11.1 Å². The van der Waals surface area contributed by atoms with Crippen LogP contribution in [0.25, 0.3) is 0 Å². The Balaban J connectivity index is 1.68. The first-order valence-corrected chi connectivity index (χ1v) is 11.1. The van der Waals surface area contributed by atoms with E-state index in [9.17, 15) is 9.59 Å². The molecule has 0 radical (unpaired) electrons. The molecule has 2 aromatic rings. The van der Waals surface area contributed by atoms with E-state index in [1.165, 1.54) is 42.2 Å². The molecule has 1 aromatic carbocycles. The molecule has 32 heavy (non-hydrogen) atoms. The summed E-state index contributed by atoms with van der Waals surface area (Å²) in [6, 6.07) is 9.21. The molecule has 1 aliphatic heterocycles. The van der Waals surface area contributed by atoms with Crippen LogP contribution < -0.4 is 10.6 Å². The molecule has 1 saturated carbocycles. The smallest absolute Gasteiger partial charge is 0.410 e. The number of nitrogens with zero attached hydrogens (tertiary/aromatic N) is 3. The fraction of sp³-hybridized carbons (Fsp3) is 0.318. The zero-order valence-electron chi connectivity index (χ0n) is 17.0. The molecule has 2 heterocycles. The number of nitrogens with one attached hydrogen (secondary N) is 2. The van der Waals surface area contributed by atoms with Crippen molar-refractivity contribution in [3.05, 3.63) is 59.2 Å². The minimum absolute atomic E-state index is 0.0567. The third-order valence-corrected chi connectivity index (χ3v) is 6.82. The molecule has 1 aromatic heterocycles. The van der Waals surface area contributed by atoms with Crippen molar-refractivity contribution < 1.29 is 19.1 Å². The summed E-state index contributed by atoms with van der Waals surface area (Å²) in [6.45, 7) is 0. The van der Waals surface area contributed by atoms with Gasteiger partial charge in [0.25, 0.3) is 5.91 Å². The fourth-order valence-electron chi connectivity index (χ4n) is 4.28. The second-order valence-corrected chi connectivity index (χ2v) is 8.73. The van der Waals surface area contributed by atoms with Crippen LogP contribution >= 0.6 is 11.8 Å². The molecule has 2 unspecified atom stereocenters. The Hall–Kier alpha value is -3.45. The highest BCUT2D eigenvalue weighted by molar-refractivity contribution is 8.13. The minimum atomic E-state index is -1.21. The second kappa shape index (κ2) is 8.96. The first kappa shape index (κ1) is 21.8. The number of hydrogen-bond acceptors (Lipinski definition) is 6. The predicted molar refractivity (Wildman–Crippen MR) is 118 cm³/mol. The molecule has 3 N–H and O–H groups in total. The molecule has 2 amide bonds. The number of aliphatic imine (C=N–C) groups is 1. The average molecular weight is 453 g/mol. The standard InChI is InChI=1S/C22H20FN5O3S/c23-17-6-5-15(26-19(29)18-7-4-13(10-24)11-25-18)9-16(17)22-8-2-1-3-14(22)12-32-20(28-22)27-21(30)31/h4-7,9,11,14H,1-3,8,12H2,(H,26,29)(H,27,28)(H,30,31). The maximum atomic E-state index is 15.1. The van der Waals surface area contributed by atoms with Gasteiger partial charge in [0.15, 0.2) is 5.17 Å². The summed E-state index contributed by atoms with van der Waals surface area (Å²) in [5.74, 6) is -0.247. The average Bonchev–Trinajstić information content (AvgIpc) is 2.79. The van der Waals surface area contributed by atoms with E-state index in [-0.39, 0.29) is 16.8 Å². The van der Waals surface area contributed by atoms with Crippen LogP contribution in [0, 0.1) is 23.1 Å². The van der Waals surface area contributed by atoms with Crippen molar-refractivity contribution in [3.8, 4) is 6.07 Å². The zero-order valence-corrected chi connectivity index (χ0v) is 17.8. The van der Waals surface area contributed by atoms with Crippen molar-refractivity contribution in [2.75, 3.05) is 11.1 Å². The number of amides is 2. The Labute approximate surface area is 188 Å². The van der Waals surface area contributed by atoms with Crippen LogP contribution in [0.2, 0.25) is 0 Å². The third kappa shape index (κ3) is 4.29. The highest BCUT2D eigenvalue weighted by Gasteiger charge is 2.46. The third-order valence-electron chi connectivity index (χ3n) is 5.79. The van der Waals surface area contributed by atoms with Crippen LogP contribution in [0.1, 0.15) is 47.3 Å². The van der Waals surface area contributed by atoms with E-state index in [4.69, 9.17) is 15.4 Å². The van der Waals surface area contributed by atoms with Gasteiger partial charge in [-0.3, -0.25) is 15.1 Å². The Morgan fingerprint density at radius 1 is 1.25 bits per heavy atom. The Morgan fingerprint density at radius 2 is 2.09 bits per heavy atom. The van der Waals surface area contributed by atoms with Gasteiger partial charge in [-0.2, -0.15) is 5.26 Å². The Morgan fingerprint density at radius 3 is 2.81 bits per heavy atom. The van der Waals surface area contributed by atoms with E-state index in [1.54, 1.807) is 6.07 Å². The summed E-state index contributed by atoms with van der Waals surface area (Å²) >= 11 is 1.33. The number of thioether (sulfide) groups is 1. The van der Waals surface area contributed by atoms with Crippen molar-refractivity contribution in [3.63, 3.8) is 0 Å². The van der Waals surface area contributed by atoms with Crippen LogP contribution in [-0.4, -0.2) is 33.0 Å². The second-order valence-electron chi connectivity index (χ2n) is 7.72. The number of amidine groups is 1. The number of carbonyl (C=O) groups excluding carboxylic acids is 1. The topological polar surface area (TPSA) is 127 Å². The summed E-state index contributed by atoms with van der Waals surface area (Å²) in [7, 11) is 0. The maximum absolute atomic E-state index is 15.1. The van der Waals surface area contributed by atoms with Crippen LogP contribution in [0.5, 0.6) is 0 Å². The lowest BCUT2D eigenvalue weighted by Crippen LogP contribution is -2.44. The lowest BCUT2D eigenvalue weighted by atomic mass is 9.69. The minimum Gasteiger partial charge on any atom is -0.465 e. The Kier molecular flexibility index (Phi) is 6.10. The molecule has 0 spiro atoms. The van der Waals surface area contributed by atoms with Crippen LogP contribution in [-0.2, 0) is 5.54 Å². The molecule has 1 fully saturated rings. The van der Waals surface area contributed by atoms with E-state index in [1.807, 2.05) is 6.07 Å². The van der Waals surface area contributed by atoms with Gasteiger partial charge in [-0.25, -0.2) is 14.2 Å². The Bertz CT molecular complexity index is 1130. The molecule has 0 bridgehead atoms. The number of carbonyl (C=O) groups is 2. The van der Waals surface area contributed by atoms with Gasteiger partial charge >= 0.3 is 6.09 Å². The lowest BCUT2D eigenvalue weighted by Gasteiger charge is -2.44. The summed E-state index contributed by atoms with van der Waals surface area (Å²) in [6.07, 6.45) is 3.40. The summed E-state index contributed by atoms with van der Waals surface area (Å²) in [4.78, 5) is 32.4. The predicted octanol–water partition coefficient (Wildman–Crippen LogP) is 4.10. The fourth-order valence-corrected chi connectivity index (χ4v) is 5.47. The number of benzene rings is 1. The largest absolute Gasteiger partial charge is 0.465 e. The number of nitriles is 1. The first-order chi connectivity index (χ1) is 15.4. The van der Waals surface area contributed by atoms with Gasteiger partial charge in [-0.1, -0.05) is 24.6 Å². The lowest BCUT2D eigenvalue weighted by molar-refractivity contribution is 0.102. The number of aromatic nitrogens is 1. The van der Waals surface area contributed by atoms with Gasteiger partial charge in [-0.05, 0) is 49.1 Å². The highest BCUT2D eigenvalue weighted by Crippen LogP contribution is 2.50. The van der Waals surface area contributed by atoms with Gasteiger partial charge in [-0.15, -0.1) is 0 Å². The van der Waals surface area contributed by atoms with Gasteiger partial charge < -0.3 is 10.4 Å². The van der Waals surface area contributed by atoms with E-state index in [2.05, 4.69) is 15.6 Å². The zero-order chi connectivity index (χ0) is 22.7. The van der Waals surface area contributed by atoms with Crippen molar-refractivity contribution in [1.29, 1.82) is 5.26 Å². The van der Waals surface area contributed by atoms with Crippen LogP contribution in [0.4, 0.5) is 14.9 Å². The quantitative estimate of drug-likeness (QED) is 0.642. The highest BCUT2D eigenvalue weighted by atomic mass is 32.2. The molecule has 8 nitrogen and oxygen atoms in total. The van der Waals surface area contributed by atoms with E-state index < -0.39 is 23.4 Å². The van der Waals surface area contributed by atoms with Gasteiger partial charge in [0.1, 0.15) is 17.6 Å². The normalized spacial score (nSPS) is 22.1. The molecular formula is C22H20FN5O3S. The number of hydrogen-bond donors (Lipinski definition) is 3. The summed E-state index contributed by atoms with van der Waals surface area (Å²) in [5.41, 5.74) is 0.310. The number of pyridine rings is 1. The molecule has 10 heteroatoms. The van der Waals surface area contributed by atoms with Crippen LogP contribution in [0.3, 0.4) is 0 Å². The monoisotopic (exact) mass is 453 g/mol. The van der Waals surface area contributed by atoms with Crippen molar-refractivity contribution in [2.45, 2.75) is 31.2 Å². The molecule has 2 atom stereocenters. The van der Waals surface area contributed by atoms with Gasteiger partial charge in [0.2, 0.25) is 0 Å². The van der Waals surface area contributed by atoms with Crippen LogP contribution in [0.15, 0.2) is 41.5 Å². The SMILES string of the molecule is N#Cc1ccc(C(=O)Nc2ccc(F)c(C34CCCCC3CSC(NC(=O)O)=N4)c2)nc1. The van der Waals surface area contributed by atoms with E-state index >= 15 is 4.39 Å². The summed E-state index contributed by atoms with van der Waals surface area (Å²) < 4.78 is 15.1. The number of carboxylic acid groups (broad SMARTS) is 1. The number of halogens is 1. The molecule has 4 rings (SSSR count). The van der Waals surface area contributed by atoms with Crippen molar-refractivity contribution in [1.82, 2.24) is 10.3 Å². The number of fused-ring (bicyclic) bond motifs is 1. The van der Waals surface area contributed by atoms with Gasteiger partial charge in [0, 0.05) is 23.2 Å². The molecular weight excluding hydrogens is 433 g/mol. The maximum Gasteiger partial charge on any atom is 0.410 e. The van der Waals surface area contributed by atoms with E-state index in [0.717, 1.165) is 19.3 Å². The van der Waals surface area contributed by atoms with Crippen molar-refractivity contribution in [2.24, 2.45) is 10.9 Å².